The lowest BCUT2D eigenvalue weighted by atomic mass is 9.99. The van der Waals surface area contributed by atoms with Gasteiger partial charge in [0.15, 0.2) is 0 Å². The summed E-state index contributed by atoms with van der Waals surface area (Å²) in [4.78, 5) is 11.1. The molecule has 0 aromatic heterocycles. The molecule has 0 radical (unpaired) electrons. The highest BCUT2D eigenvalue weighted by molar-refractivity contribution is 5.75. The van der Waals surface area contributed by atoms with Gasteiger partial charge in [-0.3, -0.25) is 0 Å². The minimum absolute atomic E-state index is 0.0481. The highest BCUT2D eigenvalue weighted by Gasteiger charge is 2.40. The van der Waals surface area contributed by atoms with Crippen molar-refractivity contribution in [2.24, 2.45) is 0 Å². The highest BCUT2D eigenvalue weighted by Crippen LogP contribution is 2.29. The van der Waals surface area contributed by atoms with Crippen molar-refractivity contribution >= 4 is 5.97 Å². The molecule has 1 N–H and O–H groups in total. The number of hydrogen-bond donors (Lipinski definition) is 1. The molecule has 1 aliphatic heterocycles. The molecule has 1 saturated heterocycles. The van der Waals surface area contributed by atoms with Gasteiger partial charge >= 0.3 is 5.97 Å². The standard InChI is InChI=1S/C19H19FO5/c1-19(18(21)22)24-11-15(12-25-19)13-6-8-16(9-7-13)23-10-14-4-2-3-5-17(14)20/h2-9,15H,10-12H2,1H3,(H,21,22). The van der Waals surface area contributed by atoms with Crippen LogP contribution in [-0.4, -0.2) is 30.1 Å². The van der Waals surface area contributed by atoms with Crippen LogP contribution in [0.15, 0.2) is 48.5 Å². The second-order valence-corrected chi connectivity index (χ2v) is 6.02. The Bertz CT molecular complexity index is 736. The first-order valence-corrected chi connectivity index (χ1v) is 7.95. The smallest absolute Gasteiger partial charge is 0.364 e. The molecule has 25 heavy (non-hydrogen) atoms. The molecule has 6 heteroatoms. The molecule has 2 aromatic carbocycles. The lowest BCUT2D eigenvalue weighted by molar-refractivity contribution is -0.262. The van der Waals surface area contributed by atoms with Crippen LogP contribution in [0.4, 0.5) is 4.39 Å². The molecule has 0 bridgehead atoms. The Kier molecular flexibility index (Phi) is 5.01. The first-order valence-electron chi connectivity index (χ1n) is 7.95. The van der Waals surface area contributed by atoms with Gasteiger partial charge in [0.1, 0.15) is 18.2 Å². The van der Waals surface area contributed by atoms with Crippen molar-refractivity contribution in [3.8, 4) is 5.75 Å². The minimum Gasteiger partial charge on any atom is -0.489 e. The summed E-state index contributed by atoms with van der Waals surface area (Å²) in [6.07, 6.45) is 0. The molecule has 132 valence electrons. The zero-order chi connectivity index (χ0) is 17.9. The normalized spacial score (nSPS) is 23.2. The van der Waals surface area contributed by atoms with Crippen LogP contribution in [0.3, 0.4) is 0 Å². The summed E-state index contributed by atoms with van der Waals surface area (Å²) in [7, 11) is 0. The third kappa shape index (κ3) is 3.97. The molecular formula is C19H19FO5. The Balaban J connectivity index is 1.58. The molecule has 5 nitrogen and oxygen atoms in total. The third-order valence-electron chi connectivity index (χ3n) is 4.21. The quantitative estimate of drug-likeness (QED) is 0.900. The predicted molar refractivity (Wildman–Crippen MR) is 87.9 cm³/mol. The summed E-state index contributed by atoms with van der Waals surface area (Å²) in [5, 5.41) is 9.07. The van der Waals surface area contributed by atoms with E-state index in [2.05, 4.69) is 0 Å². The zero-order valence-electron chi connectivity index (χ0n) is 13.8. The summed E-state index contributed by atoms with van der Waals surface area (Å²) >= 11 is 0. The van der Waals surface area contributed by atoms with E-state index in [4.69, 9.17) is 19.3 Å². The molecule has 0 saturated carbocycles. The first-order chi connectivity index (χ1) is 12.0. The monoisotopic (exact) mass is 346 g/mol. The summed E-state index contributed by atoms with van der Waals surface area (Å²) in [6, 6.07) is 13.8. The number of aliphatic carboxylic acids is 1. The molecule has 2 aromatic rings. The number of carboxylic acids is 1. The van der Waals surface area contributed by atoms with Crippen molar-refractivity contribution in [1.29, 1.82) is 0 Å². The summed E-state index contributed by atoms with van der Waals surface area (Å²) < 4.78 is 29.9. The Labute approximate surface area is 144 Å². The maximum Gasteiger partial charge on any atom is 0.364 e. The van der Waals surface area contributed by atoms with E-state index in [0.717, 1.165) is 5.56 Å². The Hall–Kier alpha value is -2.44. The van der Waals surface area contributed by atoms with Gasteiger partial charge < -0.3 is 19.3 Å². The highest BCUT2D eigenvalue weighted by atomic mass is 19.1. The van der Waals surface area contributed by atoms with Crippen molar-refractivity contribution in [1.82, 2.24) is 0 Å². The van der Waals surface area contributed by atoms with Crippen LogP contribution in [0, 0.1) is 5.82 Å². The number of carbonyl (C=O) groups is 1. The molecule has 1 heterocycles. The fraction of sp³-hybridized carbons (Fsp3) is 0.316. The lowest BCUT2D eigenvalue weighted by Gasteiger charge is -2.34. The maximum absolute atomic E-state index is 13.6. The molecule has 0 aliphatic carbocycles. The topological polar surface area (TPSA) is 65.0 Å². The molecular weight excluding hydrogens is 327 g/mol. The van der Waals surface area contributed by atoms with Gasteiger partial charge in [0.25, 0.3) is 5.79 Å². The van der Waals surface area contributed by atoms with E-state index in [0.29, 0.717) is 11.3 Å². The van der Waals surface area contributed by atoms with Gasteiger partial charge in [0, 0.05) is 18.4 Å². The van der Waals surface area contributed by atoms with E-state index >= 15 is 0 Å². The van der Waals surface area contributed by atoms with Crippen LogP contribution >= 0.6 is 0 Å². The second-order valence-electron chi connectivity index (χ2n) is 6.02. The summed E-state index contributed by atoms with van der Waals surface area (Å²) in [6.45, 7) is 2.07. The molecule has 0 spiro atoms. The van der Waals surface area contributed by atoms with Gasteiger partial charge in [-0.25, -0.2) is 9.18 Å². The van der Waals surface area contributed by atoms with E-state index < -0.39 is 11.8 Å². The number of benzene rings is 2. The number of halogens is 1. The molecule has 1 fully saturated rings. The largest absolute Gasteiger partial charge is 0.489 e. The van der Waals surface area contributed by atoms with E-state index in [-0.39, 0.29) is 31.6 Å². The van der Waals surface area contributed by atoms with Gasteiger partial charge in [-0.2, -0.15) is 0 Å². The average Bonchev–Trinajstić information content (AvgIpc) is 2.62. The van der Waals surface area contributed by atoms with Crippen molar-refractivity contribution in [3.63, 3.8) is 0 Å². The van der Waals surface area contributed by atoms with Crippen LogP contribution < -0.4 is 4.74 Å². The number of hydrogen-bond acceptors (Lipinski definition) is 4. The minimum atomic E-state index is -1.58. The van der Waals surface area contributed by atoms with Gasteiger partial charge in [0.05, 0.1) is 13.2 Å². The first kappa shape index (κ1) is 17.4. The van der Waals surface area contributed by atoms with E-state index in [1.807, 2.05) is 12.1 Å². The fourth-order valence-corrected chi connectivity index (χ4v) is 2.54. The Morgan fingerprint density at radius 3 is 2.44 bits per heavy atom. The Morgan fingerprint density at radius 1 is 1.20 bits per heavy atom. The molecule has 1 aliphatic rings. The van der Waals surface area contributed by atoms with Crippen molar-refractivity contribution in [2.45, 2.75) is 25.2 Å². The van der Waals surface area contributed by atoms with Crippen LogP contribution in [0.25, 0.3) is 0 Å². The van der Waals surface area contributed by atoms with Crippen LogP contribution in [0.1, 0.15) is 24.0 Å². The van der Waals surface area contributed by atoms with Gasteiger partial charge in [0.2, 0.25) is 0 Å². The summed E-state index contributed by atoms with van der Waals surface area (Å²) in [5.41, 5.74) is 1.46. The van der Waals surface area contributed by atoms with E-state index in [1.165, 1.54) is 13.0 Å². The van der Waals surface area contributed by atoms with Crippen molar-refractivity contribution in [2.75, 3.05) is 13.2 Å². The molecule has 0 amide bonds. The number of ether oxygens (including phenoxy) is 3. The van der Waals surface area contributed by atoms with Gasteiger partial charge in [-0.15, -0.1) is 0 Å². The van der Waals surface area contributed by atoms with Gasteiger partial charge in [-0.05, 0) is 23.8 Å². The summed E-state index contributed by atoms with van der Waals surface area (Å²) in [5.74, 6) is -2.44. The molecule has 0 atom stereocenters. The SMILES string of the molecule is CC1(C(=O)O)OCC(c2ccc(OCc3ccccc3F)cc2)CO1. The average molecular weight is 346 g/mol. The predicted octanol–water partition coefficient (Wildman–Crippen LogP) is 3.34. The molecule has 3 rings (SSSR count). The van der Waals surface area contributed by atoms with Crippen molar-refractivity contribution in [3.05, 3.63) is 65.5 Å². The fourth-order valence-electron chi connectivity index (χ4n) is 2.54. The third-order valence-corrected chi connectivity index (χ3v) is 4.21. The van der Waals surface area contributed by atoms with E-state index in [9.17, 15) is 9.18 Å². The molecule has 0 unspecified atom stereocenters. The van der Waals surface area contributed by atoms with Gasteiger partial charge in [-0.1, -0.05) is 30.3 Å². The van der Waals surface area contributed by atoms with Crippen LogP contribution in [-0.2, 0) is 20.9 Å². The second kappa shape index (κ2) is 7.21. The van der Waals surface area contributed by atoms with E-state index in [1.54, 1.807) is 30.3 Å². The van der Waals surface area contributed by atoms with Crippen LogP contribution in [0.5, 0.6) is 5.75 Å². The maximum atomic E-state index is 13.6. The Morgan fingerprint density at radius 2 is 1.84 bits per heavy atom. The lowest BCUT2D eigenvalue weighted by Crippen LogP contribution is -2.47. The number of carboxylic acid groups (broad SMARTS) is 1. The zero-order valence-corrected chi connectivity index (χ0v) is 13.8. The van der Waals surface area contributed by atoms with Crippen molar-refractivity contribution < 1.29 is 28.5 Å². The van der Waals surface area contributed by atoms with Crippen LogP contribution in [0.2, 0.25) is 0 Å². The number of rotatable bonds is 5.